The van der Waals surface area contributed by atoms with Crippen LogP contribution in [0.4, 0.5) is 4.39 Å². The molecule has 10 nitrogen and oxygen atoms in total. The summed E-state index contributed by atoms with van der Waals surface area (Å²) in [6.45, 7) is -2.05. The second kappa shape index (κ2) is 7.50. The molecule has 1 aliphatic heterocycles. The third kappa shape index (κ3) is 3.55. The van der Waals surface area contributed by atoms with Crippen molar-refractivity contribution in [3.05, 3.63) is 33.1 Å². The van der Waals surface area contributed by atoms with Crippen LogP contribution in [0.2, 0.25) is 0 Å². The summed E-state index contributed by atoms with van der Waals surface area (Å²) in [7, 11) is 0. The molecule has 0 amide bonds. The van der Waals surface area contributed by atoms with Crippen LogP contribution in [0.5, 0.6) is 0 Å². The maximum absolute atomic E-state index is 14.3. The maximum Gasteiger partial charge on any atom is 0.335 e. The number of hydrogen-bond donors (Lipinski definition) is 3. The summed E-state index contributed by atoms with van der Waals surface area (Å²) >= 11 is 0. The second-order valence-corrected chi connectivity index (χ2v) is 6.66. The van der Waals surface area contributed by atoms with Crippen molar-refractivity contribution in [1.82, 2.24) is 9.13 Å². The van der Waals surface area contributed by atoms with Crippen molar-refractivity contribution in [3.8, 4) is 0 Å². The number of aliphatic hydroxyl groups is 3. The van der Waals surface area contributed by atoms with E-state index in [1.807, 2.05) is 0 Å². The van der Waals surface area contributed by atoms with Gasteiger partial charge in [0.05, 0.1) is 7.29 Å². The lowest BCUT2D eigenvalue weighted by atomic mass is 10.1. The van der Waals surface area contributed by atoms with E-state index in [1.165, 1.54) is 0 Å². The first-order chi connectivity index (χ1) is 13.2. The van der Waals surface area contributed by atoms with Gasteiger partial charge in [-0.1, -0.05) is 12.8 Å². The number of hydrogen-bond acceptors (Lipinski definition) is 8. The van der Waals surface area contributed by atoms with Crippen LogP contribution in [0, 0.1) is 5.92 Å². The number of ether oxygens (including phenoxy) is 2. The van der Waals surface area contributed by atoms with Gasteiger partial charge in [0.15, 0.2) is 13.0 Å². The molecule has 2 heterocycles. The standard InChI is InChI=1S/C16H21FN2O8/c17-16(7-20)12(23)11(22)13(27-16)18-6-5-10(21)19(15(18)25)8-26-14(24)9-3-1-2-4-9/h5-6,9,11-13,20,22-23H,1-4,7-8H2/t11-,12+,13-,16-/m1/s1/i5D. The molecule has 1 saturated carbocycles. The molecule has 0 spiro atoms. The molecule has 1 saturated heterocycles. The highest BCUT2D eigenvalue weighted by atomic mass is 19.2. The van der Waals surface area contributed by atoms with Gasteiger partial charge in [0.1, 0.15) is 18.8 Å². The molecular weight excluding hydrogens is 367 g/mol. The zero-order chi connectivity index (χ0) is 20.6. The van der Waals surface area contributed by atoms with E-state index in [-0.39, 0.29) is 5.92 Å². The van der Waals surface area contributed by atoms with Crippen molar-refractivity contribution in [2.75, 3.05) is 6.61 Å². The van der Waals surface area contributed by atoms with Gasteiger partial charge in [-0.2, -0.15) is 0 Å². The quantitative estimate of drug-likeness (QED) is 0.523. The van der Waals surface area contributed by atoms with Crippen molar-refractivity contribution < 1.29 is 35.3 Å². The number of halogens is 1. The van der Waals surface area contributed by atoms with Gasteiger partial charge in [0, 0.05) is 12.2 Å². The smallest absolute Gasteiger partial charge is 0.335 e. The van der Waals surface area contributed by atoms with E-state index in [1.54, 1.807) is 0 Å². The Morgan fingerprint density at radius 2 is 2.07 bits per heavy atom. The van der Waals surface area contributed by atoms with E-state index in [2.05, 4.69) is 0 Å². The van der Waals surface area contributed by atoms with Gasteiger partial charge in [0.2, 0.25) is 0 Å². The minimum absolute atomic E-state index is 0.316. The van der Waals surface area contributed by atoms with Crippen LogP contribution in [-0.4, -0.2) is 55.1 Å². The fourth-order valence-corrected chi connectivity index (χ4v) is 3.29. The second-order valence-electron chi connectivity index (χ2n) is 6.66. The van der Waals surface area contributed by atoms with Crippen molar-refractivity contribution >= 4 is 5.97 Å². The van der Waals surface area contributed by atoms with Gasteiger partial charge in [0.25, 0.3) is 11.4 Å². The molecule has 1 aromatic heterocycles. The molecule has 4 atom stereocenters. The molecule has 3 N–H and O–H groups in total. The van der Waals surface area contributed by atoms with Gasteiger partial charge in [-0.3, -0.25) is 14.2 Å². The Hall–Kier alpha value is -2.08. The van der Waals surface area contributed by atoms with E-state index < -0.39 is 60.9 Å². The highest BCUT2D eigenvalue weighted by Gasteiger charge is 2.56. The van der Waals surface area contributed by atoms with Crippen LogP contribution < -0.4 is 11.2 Å². The number of carbonyl (C=O) groups excluding carboxylic acids is 1. The first-order valence-corrected chi connectivity index (χ1v) is 8.52. The lowest BCUT2D eigenvalue weighted by Crippen LogP contribution is -2.44. The lowest BCUT2D eigenvalue weighted by Gasteiger charge is -2.20. The number of carbonyl (C=O) groups is 1. The van der Waals surface area contributed by atoms with Gasteiger partial charge >= 0.3 is 11.7 Å². The molecule has 0 unspecified atom stereocenters. The summed E-state index contributed by atoms with van der Waals surface area (Å²) in [5.41, 5.74) is -2.19. The van der Waals surface area contributed by atoms with Crippen molar-refractivity contribution in [2.45, 2.75) is 56.7 Å². The molecule has 1 aliphatic carbocycles. The summed E-state index contributed by atoms with van der Waals surface area (Å²) in [5, 5.41) is 28.8. The SMILES string of the molecule is [2H]c1cn([C@@H]2O[C@](F)(CO)[C@@H](O)[C@H]2O)c(=O)n(COC(=O)C2CCCC2)c1=O. The molecule has 1 aromatic rings. The van der Waals surface area contributed by atoms with Crippen LogP contribution in [0.25, 0.3) is 0 Å². The summed E-state index contributed by atoms with van der Waals surface area (Å²) in [6, 6.07) is -0.706. The molecular formula is C16H21FN2O8. The Morgan fingerprint density at radius 3 is 2.67 bits per heavy atom. The molecule has 0 aromatic carbocycles. The third-order valence-corrected chi connectivity index (χ3v) is 4.91. The fourth-order valence-electron chi connectivity index (χ4n) is 3.29. The Morgan fingerprint density at radius 1 is 1.41 bits per heavy atom. The summed E-state index contributed by atoms with van der Waals surface area (Å²) < 4.78 is 32.8. The number of rotatable bonds is 5. The van der Waals surface area contributed by atoms with Gasteiger partial charge < -0.3 is 24.8 Å². The van der Waals surface area contributed by atoms with Crippen LogP contribution in [-0.2, 0) is 21.0 Å². The zero-order valence-corrected chi connectivity index (χ0v) is 14.3. The summed E-state index contributed by atoms with van der Waals surface area (Å²) in [5.74, 6) is -3.91. The normalized spacial score (nSPS) is 31.9. The minimum Gasteiger partial charge on any atom is -0.443 e. The van der Waals surface area contributed by atoms with E-state index in [4.69, 9.17) is 16.0 Å². The Bertz CT molecular complexity index is 867. The zero-order valence-electron chi connectivity index (χ0n) is 15.3. The fraction of sp³-hybridized carbons (Fsp3) is 0.688. The first kappa shape index (κ1) is 18.3. The number of alkyl halides is 1. The van der Waals surface area contributed by atoms with Gasteiger partial charge in [-0.15, -0.1) is 0 Å². The molecule has 0 radical (unpaired) electrons. The van der Waals surface area contributed by atoms with E-state index in [9.17, 15) is 29.0 Å². The topological polar surface area (TPSA) is 140 Å². The predicted octanol–water partition coefficient (Wildman–Crippen LogP) is -1.39. The number of nitrogens with zero attached hydrogens (tertiary/aromatic N) is 2. The Kier molecular flexibility index (Phi) is 5.08. The lowest BCUT2D eigenvalue weighted by molar-refractivity contribution is -0.207. The number of aliphatic hydroxyl groups excluding tert-OH is 3. The molecule has 2 aliphatic rings. The number of aromatic nitrogens is 2. The summed E-state index contributed by atoms with van der Waals surface area (Å²) in [6.07, 6.45) is -2.16. The highest BCUT2D eigenvalue weighted by molar-refractivity contribution is 5.72. The first-order valence-electron chi connectivity index (χ1n) is 9.02. The summed E-state index contributed by atoms with van der Waals surface area (Å²) in [4.78, 5) is 36.7. The van der Waals surface area contributed by atoms with Crippen LogP contribution in [0.3, 0.4) is 0 Å². The van der Waals surface area contributed by atoms with Crippen LogP contribution >= 0.6 is 0 Å². The van der Waals surface area contributed by atoms with Crippen LogP contribution in [0.15, 0.2) is 21.8 Å². The molecule has 11 heteroatoms. The minimum atomic E-state index is -3.03. The molecule has 3 rings (SSSR count). The third-order valence-electron chi connectivity index (χ3n) is 4.91. The van der Waals surface area contributed by atoms with E-state index in [0.29, 0.717) is 28.2 Å². The average Bonchev–Trinajstić information content (AvgIpc) is 3.29. The molecule has 0 bridgehead atoms. The maximum atomic E-state index is 14.3. The Labute approximate surface area is 153 Å². The van der Waals surface area contributed by atoms with Gasteiger partial charge in [-0.25, -0.2) is 13.8 Å². The van der Waals surface area contributed by atoms with Crippen LogP contribution in [0.1, 0.15) is 33.3 Å². The molecule has 27 heavy (non-hydrogen) atoms. The van der Waals surface area contributed by atoms with Gasteiger partial charge in [-0.05, 0) is 12.8 Å². The Balaban J connectivity index is 1.89. The van der Waals surface area contributed by atoms with Crippen molar-refractivity contribution in [2.24, 2.45) is 5.92 Å². The van der Waals surface area contributed by atoms with Crippen molar-refractivity contribution in [1.29, 1.82) is 0 Å². The monoisotopic (exact) mass is 389 g/mol. The largest absolute Gasteiger partial charge is 0.443 e. The molecule has 150 valence electrons. The highest BCUT2D eigenvalue weighted by Crippen LogP contribution is 2.37. The van der Waals surface area contributed by atoms with E-state index >= 15 is 0 Å². The average molecular weight is 389 g/mol. The number of esters is 1. The predicted molar refractivity (Wildman–Crippen MR) is 86.1 cm³/mol. The van der Waals surface area contributed by atoms with Crippen molar-refractivity contribution in [3.63, 3.8) is 0 Å². The molecule has 2 fully saturated rings. The van der Waals surface area contributed by atoms with E-state index in [0.717, 1.165) is 12.8 Å².